The van der Waals surface area contributed by atoms with Crippen LogP contribution in [0.5, 0.6) is 5.75 Å². The third kappa shape index (κ3) is 2.30. The van der Waals surface area contributed by atoms with E-state index in [4.69, 9.17) is 4.74 Å². The number of hydrogen-bond donors (Lipinski definition) is 0. The third-order valence-corrected chi connectivity index (χ3v) is 2.67. The van der Waals surface area contributed by atoms with Crippen molar-refractivity contribution in [2.24, 2.45) is 0 Å². The summed E-state index contributed by atoms with van der Waals surface area (Å²) < 4.78 is 5.07. The van der Waals surface area contributed by atoms with Crippen LogP contribution in [0.4, 0.5) is 0 Å². The molecule has 0 aliphatic rings. The highest BCUT2D eigenvalue weighted by Crippen LogP contribution is 2.19. The van der Waals surface area contributed by atoms with Gasteiger partial charge < -0.3 is 4.74 Å². The first kappa shape index (κ1) is 12.0. The van der Waals surface area contributed by atoms with Crippen LogP contribution in [0.3, 0.4) is 0 Å². The van der Waals surface area contributed by atoms with Gasteiger partial charge >= 0.3 is 0 Å². The van der Waals surface area contributed by atoms with Gasteiger partial charge in [-0.2, -0.15) is 0 Å². The number of rotatable bonds is 4. The summed E-state index contributed by atoms with van der Waals surface area (Å²) in [5.74, 6) is 0.372. The van der Waals surface area contributed by atoms with Crippen LogP contribution in [-0.4, -0.2) is 19.2 Å². The van der Waals surface area contributed by atoms with Gasteiger partial charge in [0.05, 0.1) is 7.11 Å². The molecule has 0 aliphatic carbocycles. The molecule has 0 heterocycles. The predicted molar refractivity (Wildman–Crippen MR) is 68.3 cm³/mol. The maximum absolute atomic E-state index is 12.3. The van der Waals surface area contributed by atoms with E-state index in [1.807, 2.05) is 6.07 Å². The molecule has 18 heavy (non-hydrogen) atoms. The summed E-state index contributed by atoms with van der Waals surface area (Å²) in [5.41, 5.74) is 1.27. The van der Waals surface area contributed by atoms with Gasteiger partial charge in [-0.3, -0.25) is 9.59 Å². The highest BCUT2D eigenvalue weighted by Gasteiger charge is 2.14. The van der Waals surface area contributed by atoms with Gasteiger partial charge in [0.15, 0.2) is 12.1 Å². The Labute approximate surface area is 105 Å². The SMILES string of the molecule is COc1ccc(C=O)c(C(=O)c2ccccc2)c1. The second-order valence-electron chi connectivity index (χ2n) is 3.77. The molecule has 2 aromatic carbocycles. The lowest BCUT2D eigenvalue weighted by molar-refractivity contribution is 0.102. The highest BCUT2D eigenvalue weighted by molar-refractivity contribution is 6.12. The van der Waals surface area contributed by atoms with Crippen molar-refractivity contribution in [2.75, 3.05) is 7.11 Å². The molecule has 0 atom stereocenters. The number of aldehydes is 1. The van der Waals surface area contributed by atoms with E-state index >= 15 is 0 Å². The zero-order valence-electron chi connectivity index (χ0n) is 9.92. The molecule has 0 bridgehead atoms. The van der Waals surface area contributed by atoms with Gasteiger partial charge in [0, 0.05) is 16.7 Å². The Morgan fingerprint density at radius 3 is 2.44 bits per heavy atom. The molecule has 0 saturated heterocycles. The Morgan fingerprint density at radius 2 is 1.83 bits per heavy atom. The summed E-state index contributed by atoms with van der Waals surface area (Å²) in [6.07, 6.45) is 0.676. The van der Waals surface area contributed by atoms with Crippen molar-refractivity contribution in [3.05, 3.63) is 65.2 Å². The normalized spacial score (nSPS) is 9.83. The van der Waals surface area contributed by atoms with Crippen molar-refractivity contribution in [1.29, 1.82) is 0 Å². The standard InChI is InChI=1S/C15H12O3/c1-18-13-8-7-12(10-16)14(9-13)15(17)11-5-3-2-4-6-11/h2-10H,1H3. The molecule has 0 spiro atoms. The van der Waals surface area contributed by atoms with Gasteiger partial charge in [0.2, 0.25) is 0 Å². The highest BCUT2D eigenvalue weighted by atomic mass is 16.5. The summed E-state index contributed by atoms with van der Waals surface area (Å²) in [7, 11) is 1.52. The average molecular weight is 240 g/mol. The van der Waals surface area contributed by atoms with Crippen molar-refractivity contribution in [3.8, 4) is 5.75 Å². The van der Waals surface area contributed by atoms with E-state index in [9.17, 15) is 9.59 Å². The van der Waals surface area contributed by atoms with Crippen LogP contribution in [0, 0.1) is 0 Å². The van der Waals surface area contributed by atoms with Crippen molar-refractivity contribution in [3.63, 3.8) is 0 Å². The molecule has 0 unspecified atom stereocenters. The third-order valence-electron chi connectivity index (χ3n) is 2.67. The minimum atomic E-state index is -0.184. The van der Waals surface area contributed by atoms with Gasteiger partial charge in [-0.15, -0.1) is 0 Å². The lowest BCUT2D eigenvalue weighted by atomic mass is 9.99. The molecular weight excluding hydrogens is 228 g/mol. The molecule has 0 fully saturated rings. The Morgan fingerprint density at radius 1 is 1.11 bits per heavy atom. The number of benzene rings is 2. The minimum absolute atomic E-state index is 0.184. The fraction of sp³-hybridized carbons (Fsp3) is 0.0667. The smallest absolute Gasteiger partial charge is 0.193 e. The van der Waals surface area contributed by atoms with Crippen molar-refractivity contribution in [1.82, 2.24) is 0 Å². The zero-order chi connectivity index (χ0) is 13.0. The van der Waals surface area contributed by atoms with Gasteiger partial charge in [0.1, 0.15) is 5.75 Å². The first-order valence-electron chi connectivity index (χ1n) is 5.49. The van der Waals surface area contributed by atoms with E-state index in [1.165, 1.54) is 7.11 Å². The van der Waals surface area contributed by atoms with Crippen molar-refractivity contribution < 1.29 is 14.3 Å². The van der Waals surface area contributed by atoms with Gasteiger partial charge in [0.25, 0.3) is 0 Å². The molecule has 3 heteroatoms. The molecule has 0 aromatic heterocycles. The Hall–Kier alpha value is -2.42. The van der Waals surface area contributed by atoms with E-state index < -0.39 is 0 Å². The molecule has 90 valence electrons. The average Bonchev–Trinajstić information content (AvgIpc) is 2.46. The summed E-state index contributed by atoms with van der Waals surface area (Å²) in [6.45, 7) is 0. The van der Waals surface area contributed by atoms with Crippen LogP contribution in [0.15, 0.2) is 48.5 Å². The molecule has 0 radical (unpaired) electrons. The molecule has 2 aromatic rings. The monoisotopic (exact) mass is 240 g/mol. The number of carbonyl (C=O) groups excluding carboxylic acids is 2. The number of methoxy groups -OCH3 is 1. The summed E-state index contributed by atoms with van der Waals surface area (Å²) in [5, 5.41) is 0. The second kappa shape index (κ2) is 5.27. The quantitative estimate of drug-likeness (QED) is 0.609. The van der Waals surface area contributed by atoms with Gasteiger partial charge in [-0.25, -0.2) is 0 Å². The minimum Gasteiger partial charge on any atom is -0.497 e. The fourth-order valence-corrected chi connectivity index (χ4v) is 1.71. The number of ether oxygens (including phenoxy) is 1. The summed E-state index contributed by atoms with van der Waals surface area (Å²) >= 11 is 0. The van der Waals surface area contributed by atoms with Gasteiger partial charge in [-0.1, -0.05) is 30.3 Å². The van der Waals surface area contributed by atoms with Crippen LogP contribution in [0.1, 0.15) is 26.3 Å². The van der Waals surface area contributed by atoms with Crippen LogP contribution >= 0.6 is 0 Å². The maximum Gasteiger partial charge on any atom is 0.193 e. The lowest BCUT2D eigenvalue weighted by Crippen LogP contribution is -2.05. The molecular formula is C15H12O3. The zero-order valence-corrected chi connectivity index (χ0v) is 9.92. The van der Waals surface area contributed by atoms with E-state index in [0.29, 0.717) is 28.7 Å². The lowest BCUT2D eigenvalue weighted by Gasteiger charge is -2.06. The summed E-state index contributed by atoms with van der Waals surface area (Å²) in [6, 6.07) is 13.7. The fourth-order valence-electron chi connectivity index (χ4n) is 1.71. The maximum atomic E-state index is 12.3. The Balaban J connectivity index is 2.49. The van der Waals surface area contributed by atoms with Crippen molar-refractivity contribution in [2.45, 2.75) is 0 Å². The van der Waals surface area contributed by atoms with E-state index in [1.54, 1.807) is 42.5 Å². The molecule has 3 nitrogen and oxygen atoms in total. The van der Waals surface area contributed by atoms with Crippen LogP contribution in [-0.2, 0) is 0 Å². The van der Waals surface area contributed by atoms with Crippen LogP contribution < -0.4 is 4.74 Å². The van der Waals surface area contributed by atoms with Crippen LogP contribution in [0.2, 0.25) is 0 Å². The van der Waals surface area contributed by atoms with E-state index in [-0.39, 0.29) is 5.78 Å². The molecule has 0 aliphatic heterocycles. The second-order valence-corrected chi connectivity index (χ2v) is 3.77. The topological polar surface area (TPSA) is 43.4 Å². The first-order valence-corrected chi connectivity index (χ1v) is 5.49. The molecule has 0 saturated carbocycles. The Bertz CT molecular complexity index is 574. The Kier molecular flexibility index (Phi) is 3.53. The molecule has 0 amide bonds. The van der Waals surface area contributed by atoms with E-state index in [2.05, 4.69) is 0 Å². The predicted octanol–water partition coefficient (Wildman–Crippen LogP) is 2.74. The van der Waals surface area contributed by atoms with E-state index in [0.717, 1.165) is 0 Å². The first-order chi connectivity index (χ1) is 8.76. The summed E-state index contributed by atoms with van der Waals surface area (Å²) in [4.78, 5) is 23.2. The van der Waals surface area contributed by atoms with Crippen LogP contribution in [0.25, 0.3) is 0 Å². The van der Waals surface area contributed by atoms with Gasteiger partial charge in [-0.05, 0) is 18.2 Å². The molecule has 0 N–H and O–H groups in total. The number of ketones is 1. The van der Waals surface area contributed by atoms with Crippen molar-refractivity contribution >= 4 is 12.1 Å². The molecule has 2 rings (SSSR count). The number of carbonyl (C=O) groups is 2. The largest absolute Gasteiger partial charge is 0.497 e. The number of hydrogen-bond acceptors (Lipinski definition) is 3.